The first-order valence-electron chi connectivity index (χ1n) is 8.68. The van der Waals surface area contributed by atoms with Gasteiger partial charge >= 0.3 is 0 Å². The van der Waals surface area contributed by atoms with Crippen molar-refractivity contribution in [2.45, 2.75) is 59.0 Å². The summed E-state index contributed by atoms with van der Waals surface area (Å²) in [6, 6.07) is 0. The van der Waals surface area contributed by atoms with E-state index in [2.05, 4.69) is 31.0 Å². The van der Waals surface area contributed by atoms with E-state index in [9.17, 15) is 0 Å². The van der Waals surface area contributed by atoms with E-state index in [1.807, 2.05) is 0 Å². The van der Waals surface area contributed by atoms with Gasteiger partial charge in [0.05, 0.1) is 12.7 Å². The van der Waals surface area contributed by atoms with E-state index in [-0.39, 0.29) is 0 Å². The Labute approximate surface area is 125 Å². The van der Waals surface area contributed by atoms with Crippen LogP contribution < -0.4 is 5.32 Å². The molecular weight excluding hydrogens is 248 g/mol. The van der Waals surface area contributed by atoms with Gasteiger partial charge in [-0.2, -0.15) is 0 Å². The molecule has 1 N–H and O–H groups in total. The summed E-state index contributed by atoms with van der Waals surface area (Å²) < 4.78 is 5.81. The Morgan fingerprint density at radius 3 is 2.70 bits per heavy atom. The second-order valence-corrected chi connectivity index (χ2v) is 7.37. The molecule has 0 bridgehead atoms. The Morgan fingerprint density at radius 1 is 1.30 bits per heavy atom. The van der Waals surface area contributed by atoms with Gasteiger partial charge in [0.1, 0.15) is 0 Å². The predicted octanol–water partition coefficient (Wildman–Crippen LogP) is 2.90. The molecule has 0 aromatic heterocycles. The third-order valence-corrected chi connectivity index (χ3v) is 4.95. The van der Waals surface area contributed by atoms with Crippen LogP contribution in [0.5, 0.6) is 0 Å². The molecule has 2 rings (SSSR count). The molecule has 0 aromatic carbocycles. The Bertz CT molecular complexity index is 274. The van der Waals surface area contributed by atoms with Gasteiger partial charge in [-0.25, -0.2) is 0 Å². The lowest BCUT2D eigenvalue weighted by molar-refractivity contribution is -0.0420. The first-order valence-corrected chi connectivity index (χ1v) is 8.68. The number of ether oxygens (including phenoxy) is 1. The van der Waals surface area contributed by atoms with Crippen molar-refractivity contribution in [2.75, 3.05) is 39.3 Å². The maximum Gasteiger partial charge on any atom is 0.0700 e. The average Bonchev–Trinajstić information content (AvgIpc) is 2.87. The number of morpholine rings is 1. The number of hydrogen-bond acceptors (Lipinski definition) is 3. The molecule has 1 unspecified atom stereocenters. The molecule has 0 spiro atoms. The third-order valence-electron chi connectivity index (χ3n) is 4.95. The lowest BCUT2D eigenvalue weighted by atomic mass is 9.85. The lowest BCUT2D eigenvalue weighted by Gasteiger charge is -2.39. The van der Waals surface area contributed by atoms with Crippen molar-refractivity contribution in [3.8, 4) is 0 Å². The Morgan fingerprint density at radius 2 is 2.05 bits per heavy atom. The van der Waals surface area contributed by atoms with Crippen molar-refractivity contribution in [1.29, 1.82) is 0 Å². The summed E-state index contributed by atoms with van der Waals surface area (Å²) in [6.45, 7) is 13.7. The molecule has 1 aliphatic carbocycles. The first kappa shape index (κ1) is 16.3. The Kier molecular flexibility index (Phi) is 6.31. The number of rotatable bonds is 7. The monoisotopic (exact) mass is 282 g/mol. The SMILES string of the molecule is CCC1CN(CC2(CNCC(C)C)CCCC2)CCO1. The second-order valence-electron chi connectivity index (χ2n) is 7.37. The van der Waals surface area contributed by atoms with E-state index >= 15 is 0 Å². The Balaban J connectivity index is 1.84. The van der Waals surface area contributed by atoms with E-state index in [0.717, 1.165) is 38.6 Å². The van der Waals surface area contributed by atoms with Crippen LogP contribution in [-0.2, 0) is 4.74 Å². The fourth-order valence-corrected chi connectivity index (χ4v) is 3.79. The van der Waals surface area contributed by atoms with Crippen LogP contribution in [0.3, 0.4) is 0 Å². The molecule has 20 heavy (non-hydrogen) atoms. The van der Waals surface area contributed by atoms with Crippen molar-refractivity contribution in [1.82, 2.24) is 10.2 Å². The highest BCUT2D eigenvalue weighted by Crippen LogP contribution is 2.38. The van der Waals surface area contributed by atoms with Crippen molar-refractivity contribution >= 4 is 0 Å². The molecule has 1 heterocycles. The van der Waals surface area contributed by atoms with E-state index in [0.29, 0.717) is 11.5 Å². The summed E-state index contributed by atoms with van der Waals surface area (Å²) in [5.74, 6) is 0.751. The van der Waals surface area contributed by atoms with Crippen LogP contribution in [-0.4, -0.2) is 50.3 Å². The van der Waals surface area contributed by atoms with Gasteiger partial charge in [0.2, 0.25) is 0 Å². The normalized spacial score (nSPS) is 27.3. The van der Waals surface area contributed by atoms with E-state index < -0.39 is 0 Å². The maximum absolute atomic E-state index is 5.81. The number of hydrogen-bond donors (Lipinski definition) is 1. The smallest absolute Gasteiger partial charge is 0.0700 e. The van der Waals surface area contributed by atoms with Gasteiger partial charge in [0.25, 0.3) is 0 Å². The van der Waals surface area contributed by atoms with Crippen LogP contribution in [0.25, 0.3) is 0 Å². The van der Waals surface area contributed by atoms with Gasteiger partial charge in [0, 0.05) is 26.2 Å². The summed E-state index contributed by atoms with van der Waals surface area (Å²) in [5.41, 5.74) is 0.532. The van der Waals surface area contributed by atoms with Gasteiger partial charge in [-0.15, -0.1) is 0 Å². The molecular formula is C17H34N2O. The average molecular weight is 282 g/mol. The molecule has 2 aliphatic rings. The van der Waals surface area contributed by atoms with E-state index in [1.54, 1.807) is 0 Å². The highest BCUT2D eigenvalue weighted by Gasteiger charge is 2.36. The molecule has 3 heteroatoms. The summed E-state index contributed by atoms with van der Waals surface area (Å²) in [7, 11) is 0. The summed E-state index contributed by atoms with van der Waals surface area (Å²) in [4.78, 5) is 2.67. The standard InChI is InChI=1S/C17H34N2O/c1-4-16-12-19(9-10-20-16)14-17(7-5-6-8-17)13-18-11-15(2)3/h15-16,18H,4-14H2,1-3H3. The molecule has 1 saturated carbocycles. The van der Waals surface area contributed by atoms with Gasteiger partial charge in [-0.3, -0.25) is 4.90 Å². The zero-order chi connectivity index (χ0) is 14.4. The largest absolute Gasteiger partial charge is 0.376 e. The molecule has 1 atom stereocenters. The van der Waals surface area contributed by atoms with Crippen LogP contribution in [0, 0.1) is 11.3 Å². The first-order chi connectivity index (χ1) is 9.63. The molecule has 1 aliphatic heterocycles. The molecule has 0 radical (unpaired) electrons. The molecule has 118 valence electrons. The van der Waals surface area contributed by atoms with Gasteiger partial charge in [-0.05, 0) is 37.1 Å². The van der Waals surface area contributed by atoms with Crippen molar-refractivity contribution in [3.05, 3.63) is 0 Å². The molecule has 2 fully saturated rings. The Hall–Kier alpha value is -0.120. The second kappa shape index (κ2) is 7.77. The van der Waals surface area contributed by atoms with Crippen LogP contribution >= 0.6 is 0 Å². The minimum Gasteiger partial charge on any atom is -0.376 e. The highest BCUT2D eigenvalue weighted by molar-refractivity contribution is 4.90. The van der Waals surface area contributed by atoms with Crippen LogP contribution in [0.2, 0.25) is 0 Å². The summed E-state index contributed by atoms with van der Waals surface area (Å²) in [5, 5.41) is 3.72. The molecule has 3 nitrogen and oxygen atoms in total. The van der Waals surface area contributed by atoms with Crippen molar-refractivity contribution < 1.29 is 4.74 Å². The number of nitrogens with one attached hydrogen (secondary N) is 1. The fraction of sp³-hybridized carbons (Fsp3) is 1.00. The highest BCUT2D eigenvalue weighted by atomic mass is 16.5. The van der Waals surface area contributed by atoms with Gasteiger partial charge in [0.15, 0.2) is 0 Å². The van der Waals surface area contributed by atoms with Gasteiger partial charge < -0.3 is 10.1 Å². The van der Waals surface area contributed by atoms with Gasteiger partial charge in [-0.1, -0.05) is 33.6 Å². The zero-order valence-corrected chi connectivity index (χ0v) is 13.8. The minimum absolute atomic E-state index is 0.464. The molecule has 0 amide bonds. The third kappa shape index (κ3) is 4.71. The lowest BCUT2D eigenvalue weighted by Crippen LogP contribution is -2.49. The predicted molar refractivity (Wildman–Crippen MR) is 85.1 cm³/mol. The van der Waals surface area contributed by atoms with Crippen molar-refractivity contribution in [2.24, 2.45) is 11.3 Å². The zero-order valence-electron chi connectivity index (χ0n) is 13.8. The van der Waals surface area contributed by atoms with Crippen LogP contribution in [0.4, 0.5) is 0 Å². The molecule has 1 saturated heterocycles. The topological polar surface area (TPSA) is 24.5 Å². The van der Waals surface area contributed by atoms with Crippen molar-refractivity contribution in [3.63, 3.8) is 0 Å². The summed E-state index contributed by atoms with van der Waals surface area (Å²) >= 11 is 0. The fourth-order valence-electron chi connectivity index (χ4n) is 3.79. The summed E-state index contributed by atoms with van der Waals surface area (Å²) in [6.07, 6.45) is 7.27. The maximum atomic E-state index is 5.81. The quantitative estimate of drug-likeness (QED) is 0.777. The van der Waals surface area contributed by atoms with Crippen LogP contribution in [0.15, 0.2) is 0 Å². The van der Waals surface area contributed by atoms with E-state index in [4.69, 9.17) is 4.74 Å². The van der Waals surface area contributed by atoms with Crippen LogP contribution in [0.1, 0.15) is 52.9 Å². The molecule has 0 aromatic rings. The van der Waals surface area contributed by atoms with E-state index in [1.165, 1.54) is 38.8 Å². The number of nitrogens with zero attached hydrogens (tertiary/aromatic N) is 1. The minimum atomic E-state index is 0.464.